The van der Waals surface area contributed by atoms with E-state index in [2.05, 4.69) is 205 Å². The molecule has 0 fully saturated rings. The van der Waals surface area contributed by atoms with Gasteiger partial charge in [0.2, 0.25) is 0 Å². The molecule has 12 rings (SSSR count). The molecule has 0 aliphatic rings. The van der Waals surface area contributed by atoms with Crippen LogP contribution in [0.2, 0.25) is 0 Å². The monoisotopic (exact) mass is 743 g/mol. The second kappa shape index (κ2) is 12.7. The second-order valence-corrected chi connectivity index (χ2v) is 16.0. The Kier molecular flexibility index (Phi) is 7.13. The molecular formula is C54H33NOS. The number of hydrogen-bond acceptors (Lipinski definition) is 3. The zero-order valence-corrected chi connectivity index (χ0v) is 31.6. The Hall–Kier alpha value is -7.20. The Morgan fingerprint density at radius 3 is 1.82 bits per heavy atom. The summed E-state index contributed by atoms with van der Waals surface area (Å²) in [5, 5.41) is 12.3. The van der Waals surface area contributed by atoms with Crippen molar-refractivity contribution in [2.75, 3.05) is 4.90 Å². The van der Waals surface area contributed by atoms with Gasteiger partial charge >= 0.3 is 0 Å². The maximum atomic E-state index is 6.43. The van der Waals surface area contributed by atoms with Crippen LogP contribution in [0.5, 0.6) is 0 Å². The van der Waals surface area contributed by atoms with E-state index < -0.39 is 0 Å². The fraction of sp³-hybridized carbons (Fsp3) is 0. The van der Waals surface area contributed by atoms with E-state index in [4.69, 9.17) is 4.42 Å². The van der Waals surface area contributed by atoms with Gasteiger partial charge in [0.15, 0.2) is 0 Å². The van der Waals surface area contributed by atoms with Gasteiger partial charge in [-0.15, -0.1) is 11.3 Å². The molecule has 0 saturated carbocycles. The average molecular weight is 744 g/mol. The molecule has 3 heteroatoms. The molecule has 12 aromatic rings. The number of hydrogen-bond donors (Lipinski definition) is 0. The zero-order chi connectivity index (χ0) is 37.5. The van der Waals surface area contributed by atoms with Gasteiger partial charge in [0, 0.05) is 53.4 Å². The van der Waals surface area contributed by atoms with Crippen molar-refractivity contribution in [3.63, 3.8) is 0 Å². The molecule has 0 radical (unpaired) electrons. The van der Waals surface area contributed by atoms with Crippen molar-refractivity contribution in [1.82, 2.24) is 0 Å². The summed E-state index contributed by atoms with van der Waals surface area (Å²) in [5.74, 6) is 0. The van der Waals surface area contributed by atoms with Crippen LogP contribution < -0.4 is 4.90 Å². The molecule has 0 bridgehead atoms. The van der Waals surface area contributed by atoms with Gasteiger partial charge in [-0.3, -0.25) is 0 Å². The van der Waals surface area contributed by atoms with Crippen LogP contribution in [0, 0.1) is 0 Å². The van der Waals surface area contributed by atoms with Crippen LogP contribution >= 0.6 is 11.3 Å². The predicted molar refractivity (Wildman–Crippen MR) is 245 cm³/mol. The van der Waals surface area contributed by atoms with Gasteiger partial charge in [-0.25, -0.2) is 0 Å². The Balaban J connectivity index is 0.992. The zero-order valence-electron chi connectivity index (χ0n) is 30.8. The first-order valence-electron chi connectivity index (χ1n) is 19.4. The van der Waals surface area contributed by atoms with Crippen molar-refractivity contribution >= 4 is 103 Å². The lowest BCUT2D eigenvalue weighted by molar-refractivity contribution is 0.672. The lowest BCUT2D eigenvalue weighted by Gasteiger charge is -2.26. The molecular weight excluding hydrogens is 711 g/mol. The first kappa shape index (κ1) is 32.1. The van der Waals surface area contributed by atoms with Gasteiger partial charge in [0.25, 0.3) is 0 Å². The quantitative estimate of drug-likeness (QED) is 0.175. The first-order chi connectivity index (χ1) is 28.2. The summed E-state index contributed by atoms with van der Waals surface area (Å²) in [6.07, 6.45) is 0. The van der Waals surface area contributed by atoms with Crippen LogP contribution in [0.4, 0.5) is 17.1 Å². The summed E-state index contributed by atoms with van der Waals surface area (Å²) in [6.45, 7) is 0. The molecule has 0 aliphatic heterocycles. The van der Waals surface area contributed by atoms with E-state index in [-0.39, 0.29) is 0 Å². The standard InChI is InChI=1S/C54H33NOS/c1-2-11-38-30-40(17-16-34(38)8-1)39-12-7-13-43(31-39)55(44-25-29-52-50(33-44)48-27-21-37-10-4-6-15-46(37)54(48)57-52)42-23-18-35(19-24-42)41-22-28-51-49(32-41)47-26-20-36-9-3-5-14-45(36)53(47)56-51/h1-33H. The van der Waals surface area contributed by atoms with E-state index in [9.17, 15) is 0 Å². The Labute approximate surface area is 333 Å². The molecule has 2 heterocycles. The maximum Gasteiger partial charge on any atom is 0.143 e. The predicted octanol–water partition coefficient (Wildman–Crippen LogP) is 16.2. The smallest absolute Gasteiger partial charge is 0.143 e. The normalized spacial score (nSPS) is 11.9. The molecule has 0 spiro atoms. The lowest BCUT2D eigenvalue weighted by Crippen LogP contribution is -2.10. The minimum atomic E-state index is 0.906. The third-order valence-corrected chi connectivity index (χ3v) is 12.8. The van der Waals surface area contributed by atoms with Gasteiger partial charge in [-0.2, -0.15) is 0 Å². The van der Waals surface area contributed by atoms with Crippen molar-refractivity contribution in [3.8, 4) is 22.3 Å². The van der Waals surface area contributed by atoms with Crippen LogP contribution in [0.3, 0.4) is 0 Å². The van der Waals surface area contributed by atoms with Crippen LogP contribution in [0.15, 0.2) is 205 Å². The molecule has 0 amide bonds. The van der Waals surface area contributed by atoms with Gasteiger partial charge in [0.1, 0.15) is 11.2 Å². The van der Waals surface area contributed by atoms with Crippen LogP contribution in [0.25, 0.3) is 96.7 Å². The first-order valence-corrected chi connectivity index (χ1v) is 20.2. The highest BCUT2D eigenvalue weighted by molar-refractivity contribution is 7.26. The van der Waals surface area contributed by atoms with E-state index in [1.807, 2.05) is 11.3 Å². The number of fused-ring (bicyclic) bond motifs is 11. The number of furan rings is 1. The second-order valence-electron chi connectivity index (χ2n) is 14.9. The van der Waals surface area contributed by atoms with Crippen molar-refractivity contribution in [1.29, 1.82) is 0 Å². The van der Waals surface area contributed by atoms with Gasteiger partial charge in [-0.05, 0) is 116 Å². The van der Waals surface area contributed by atoms with E-state index in [1.165, 1.54) is 58.2 Å². The molecule has 0 N–H and O–H groups in total. The number of nitrogens with zero attached hydrogens (tertiary/aromatic N) is 1. The molecule has 0 saturated heterocycles. The minimum absolute atomic E-state index is 0.906. The third kappa shape index (κ3) is 5.24. The van der Waals surface area contributed by atoms with E-state index in [0.29, 0.717) is 0 Å². The molecule has 10 aromatic carbocycles. The summed E-state index contributed by atoms with van der Waals surface area (Å²) < 4.78 is 9.06. The molecule has 57 heavy (non-hydrogen) atoms. The summed E-state index contributed by atoms with van der Waals surface area (Å²) in [6, 6.07) is 72.9. The highest BCUT2D eigenvalue weighted by Crippen LogP contribution is 2.44. The van der Waals surface area contributed by atoms with E-state index in [0.717, 1.165) is 55.5 Å². The Morgan fingerprint density at radius 1 is 0.333 bits per heavy atom. The number of benzene rings is 10. The molecule has 0 unspecified atom stereocenters. The topological polar surface area (TPSA) is 16.4 Å². The van der Waals surface area contributed by atoms with Crippen LogP contribution in [-0.2, 0) is 0 Å². The molecule has 2 aromatic heterocycles. The number of thiophene rings is 1. The van der Waals surface area contributed by atoms with Gasteiger partial charge in [-0.1, -0.05) is 133 Å². The van der Waals surface area contributed by atoms with E-state index in [1.54, 1.807) is 0 Å². The molecule has 2 nitrogen and oxygen atoms in total. The fourth-order valence-corrected chi connectivity index (χ4v) is 9.98. The van der Waals surface area contributed by atoms with Crippen LogP contribution in [0.1, 0.15) is 0 Å². The van der Waals surface area contributed by atoms with Crippen LogP contribution in [-0.4, -0.2) is 0 Å². The Morgan fingerprint density at radius 2 is 0.965 bits per heavy atom. The summed E-state index contributed by atoms with van der Waals surface area (Å²) in [4.78, 5) is 2.40. The number of anilines is 3. The molecule has 0 aliphatic carbocycles. The minimum Gasteiger partial charge on any atom is -0.455 e. The highest BCUT2D eigenvalue weighted by Gasteiger charge is 2.18. The average Bonchev–Trinajstić information content (AvgIpc) is 3.85. The van der Waals surface area contributed by atoms with Crippen molar-refractivity contribution < 1.29 is 4.42 Å². The maximum absolute atomic E-state index is 6.43. The summed E-state index contributed by atoms with van der Waals surface area (Å²) in [7, 11) is 0. The van der Waals surface area contributed by atoms with Crippen molar-refractivity contribution in [2.45, 2.75) is 0 Å². The molecule has 0 atom stereocenters. The third-order valence-electron chi connectivity index (χ3n) is 11.6. The fourth-order valence-electron chi connectivity index (χ4n) is 8.76. The SMILES string of the molecule is c1cc(-c2ccc3ccccc3c2)cc(N(c2ccc(-c3ccc4oc5c6ccccc6ccc5c4c3)cc2)c2ccc3sc4c5ccccc5ccc4c3c2)c1. The molecule has 266 valence electrons. The Bertz CT molecular complexity index is 3540. The summed E-state index contributed by atoms with van der Waals surface area (Å²) >= 11 is 1.88. The highest BCUT2D eigenvalue weighted by atomic mass is 32.1. The largest absolute Gasteiger partial charge is 0.455 e. The number of rotatable bonds is 5. The van der Waals surface area contributed by atoms with Crippen molar-refractivity contribution in [2.24, 2.45) is 0 Å². The van der Waals surface area contributed by atoms with E-state index >= 15 is 0 Å². The lowest BCUT2D eigenvalue weighted by atomic mass is 10.00. The van der Waals surface area contributed by atoms with Crippen molar-refractivity contribution in [3.05, 3.63) is 200 Å². The summed E-state index contributed by atoms with van der Waals surface area (Å²) in [5.41, 5.74) is 9.88. The van der Waals surface area contributed by atoms with Gasteiger partial charge < -0.3 is 9.32 Å². The van der Waals surface area contributed by atoms with Gasteiger partial charge in [0.05, 0.1) is 0 Å².